The number of rotatable bonds is 5. The Morgan fingerprint density at radius 1 is 1.19 bits per heavy atom. The summed E-state index contributed by atoms with van der Waals surface area (Å²) in [5.74, 6) is 0.173. The standard InChI is InChI=1S/C19H26BrN3O3/c20-15-4-3-5-16(14-15)21-18(24)7-9-22-8-2-1-6-17(22)19(25)23-10-12-26-13-11-23/h3-5,14,17H,1-2,6-13H2,(H,21,24). The molecule has 2 amide bonds. The fourth-order valence-corrected chi connectivity index (χ4v) is 3.97. The SMILES string of the molecule is O=C(CCN1CCCCC1C(=O)N1CCOCC1)Nc1cccc(Br)c1. The van der Waals surface area contributed by atoms with Crippen LogP contribution in [0.4, 0.5) is 5.69 Å². The molecule has 0 aromatic heterocycles. The van der Waals surface area contributed by atoms with Gasteiger partial charge in [-0.3, -0.25) is 14.5 Å². The highest BCUT2D eigenvalue weighted by Gasteiger charge is 2.32. The maximum Gasteiger partial charge on any atom is 0.240 e. The van der Waals surface area contributed by atoms with Crippen LogP contribution in [0.2, 0.25) is 0 Å². The van der Waals surface area contributed by atoms with Gasteiger partial charge in [-0.15, -0.1) is 0 Å². The summed E-state index contributed by atoms with van der Waals surface area (Å²) < 4.78 is 6.28. The largest absolute Gasteiger partial charge is 0.378 e. The van der Waals surface area contributed by atoms with Gasteiger partial charge in [-0.05, 0) is 37.6 Å². The molecule has 1 N–H and O–H groups in total. The van der Waals surface area contributed by atoms with Gasteiger partial charge in [0, 0.05) is 36.2 Å². The van der Waals surface area contributed by atoms with Crippen LogP contribution in [0.15, 0.2) is 28.7 Å². The molecular weight excluding hydrogens is 398 g/mol. The summed E-state index contributed by atoms with van der Waals surface area (Å²) in [6.07, 6.45) is 3.42. The summed E-state index contributed by atoms with van der Waals surface area (Å²) in [5, 5.41) is 2.92. The molecule has 2 saturated heterocycles. The third-order valence-corrected chi connectivity index (χ3v) is 5.45. The molecular formula is C19H26BrN3O3. The molecule has 0 aliphatic carbocycles. The van der Waals surface area contributed by atoms with Crippen LogP contribution < -0.4 is 5.32 Å². The molecule has 2 aliphatic rings. The Kier molecular flexibility index (Phi) is 7.05. The third-order valence-electron chi connectivity index (χ3n) is 4.96. The zero-order valence-electron chi connectivity index (χ0n) is 15.0. The minimum absolute atomic E-state index is 0.0220. The molecule has 6 nitrogen and oxygen atoms in total. The van der Waals surface area contributed by atoms with Crippen LogP contribution in [0, 0.1) is 0 Å². The summed E-state index contributed by atoms with van der Waals surface area (Å²) >= 11 is 3.40. The Morgan fingerprint density at radius 2 is 2.00 bits per heavy atom. The Labute approximate surface area is 163 Å². The molecule has 7 heteroatoms. The van der Waals surface area contributed by atoms with Crippen LogP contribution in [-0.2, 0) is 14.3 Å². The van der Waals surface area contributed by atoms with E-state index in [9.17, 15) is 9.59 Å². The molecule has 2 fully saturated rings. The number of piperidine rings is 1. The highest BCUT2D eigenvalue weighted by atomic mass is 79.9. The van der Waals surface area contributed by atoms with Crippen molar-refractivity contribution in [2.45, 2.75) is 31.7 Å². The minimum Gasteiger partial charge on any atom is -0.378 e. The topological polar surface area (TPSA) is 61.9 Å². The van der Waals surface area contributed by atoms with E-state index in [1.165, 1.54) is 0 Å². The maximum absolute atomic E-state index is 12.9. The predicted octanol–water partition coefficient (Wildman–Crippen LogP) is 2.49. The van der Waals surface area contributed by atoms with Gasteiger partial charge in [-0.2, -0.15) is 0 Å². The van der Waals surface area contributed by atoms with Crippen LogP contribution in [0.25, 0.3) is 0 Å². The molecule has 0 radical (unpaired) electrons. The van der Waals surface area contributed by atoms with E-state index in [1.807, 2.05) is 29.2 Å². The van der Waals surface area contributed by atoms with Gasteiger partial charge in [0.15, 0.2) is 0 Å². The lowest BCUT2D eigenvalue weighted by Crippen LogP contribution is -2.53. The fraction of sp³-hybridized carbons (Fsp3) is 0.579. The van der Waals surface area contributed by atoms with E-state index in [0.29, 0.717) is 39.3 Å². The number of benzene rings is 1. The van der Waals surface area contributed by atoms with Crippen molar-refractivity contribution in [1.82, 2.24) is 9.80 Å². The maximum atomic E-state index is 12.9. The van der Waals surface area contributed by atoms with E-state index in [4.69, 9.17) is 4.74 Å². The molecule has 0 bridgehead atoms. The van der Waals surface area contributed by atoms with E-state index in [0.717, 1.165) is 36.0 Å². The quantitative estimate of drug-likeness (QED) is 0.789. The van der Waals surface area contributed by atoms with Crippen LogP contribution in [0.3, 0.4) is 0 Å². The second-order valence-electron chi connectivity index (χ2n) is 6.79. The Bertz CT molecular complexity index is 634. The summed E-state index contributed by atoms with van der Waals surface area (Å²) in [4.78, 5) is 29.2. The van der Waals surface area contributed by atoms with Crippen LogP contribution >= 0.6 is 15.9 Å². The van der Waals surface area contributed by atoms with Gasteiger partial charge in [-0.25, -0.2) is 0 Å². The number of carbonyl (C=O) groups excluding carboxylic acids is 2. The van der Waals surface area contributed by atoms with Crippen molar-refractivity contribution >= 4 is 33.4 Å². The van der Waals surface area contributed by atoms with Crippen LogP contribution in [0.5, 0.6) is 0 Å². The number of carbonyl (C=O) groups is 2. The highest BCUT2D eigenvalue weighted by Crippen LogP contribution is 2.20. The zero-order valence-corrected chi connectivity index (χ0v) is 16.5. The summed E-state index contributed by atoms with van der Waals surface area (Å²) in [6.45, 7) is 4.07. The Morgan fingerprint density at radius 3 is 2.77 bits per heavy atom. The van der Waals surface area contributed by atoms with Crippen molar-refractivity contribution in [2.24, 2.45) is 0 Å². The van der Waals surface area contributed by atoms with Gasteiger partial charge in [0.05, 0.1) is 19.3 Å². The molecule has 0 spiro atoms. The predicted molar refractivity (Wildman–Crippen MR) is 104 cm³/mol. The summed E-state index contributed by atoms with van der Waals surface area (Å²) in [5.41, 5.74) is 0.781. The molecule has 26 heavy (non-hydrogen) atoms. The van der Waals surface area contributed by atoms with E-state index < -0.39 is 0 Å². The normalized spacial score (nSPS) is 21.4. The number of ether oxygens (including phenoxy) is 1. The number of anilines is 1. The van der Waals surface area contributed by atoms with Gasteiger partial charge < -0.3 is 15.0 Å². The average molecular weight is 424 g/mol. The first-order chi connectivity index (χ1) is 12.6. The number of hydrogen-bond acceptors (Lipinski definition) is 4. The Balaban J connectivity index is 1.52. The fourth-order valence-electron chi connectivity index (χ4n) is 3.57. The summed E-state index contributed by atoms with van der Waals surface area (Å²) in [6, 6.07) is 7.46. The van der Waals surface area contributed by atoms with Gasteiger partial charge in [-0.1, -0.05) is 28.4 Å². The molecule has 142 valence electrons. The lowest BCUT2D eigenvalue weighted by atomic mass is 10.00. The second-order valence-corrected chi connectivity index (χ2v) is 7.71. The Hall–Kier alpha value is -1.44. The van der Waals surface area contributed by atoms with Crippen molar-refractivity contribution in [2.75, 3.05) is 44.7 Å². The number of amides is 2. The molecule has 3 rings (SSSR count). The number of nitrogens with one attached hydrogen (secondary N) is 1. The first-order valence-corrected chi connectivity index (χ1v) is 10.1. The molecule has 1 aromatic carbocycles. The molecule has 0 saturated carbocycles. The van der Waals surface area contributed by atoms with Gasteiger partial charge >= 0.3 is 0 Å². The second kappa shape index (κ2) is 9.48. The molecule has 2 aliphatic heterocycles. The van der Waals surface area contributed by atoms with E-state index in [-0.39, 0.29) is 17.9 Å². The van der Waals surface area contributed by atoms with E-state index in [1.54, 1.807) is 0 Å². The van der Waals surface area contributed by atoms with Crippen molar-refractivity contribution in [3.05, 3.63) is 28.7 Å². The highest BCUT2D eigenvalue weighted by molar-refractivity contribution is 9.10. The zero-order chi connectivity index (χ0) is 18.4. The van der Waals surface area contributed by atoms with E-state index in [2.05, 4.69) is 26.1 Å². The monoisotopic (exact) mass is 423 g/mol. The van der Waals surface area contributed by atoms with Gasteiger partial charge in [0.1, 0.15) is 0 Å². The number of morpholine rings is 1. The van der Waals surface area contributed by atoms with Crippen molar-refractivity contribution < 1.29 is 14.3 Å². The molecule has 1 atom stereocenters. The summed E-state index contributed by atoms with van der Waals surface area (Å²) in [7, 11) is 0. The van der Waals surface area contributed by atoms with Crippen LogP contribution in [-0.4, -0.2) is 67.0 Å². The number of likely N-dealkylation sites (tertiary alicyclic amines) is 1. The first-order valence-electron chi connectivity index (χ1n) is 9.29. The lowest BCUT2D eigenvalue weighted by molar-refractivity contribution is -0.142. The van der Waals surface area contributed by atoms with E-state index >= 15 is 0 Å². The number of halogens is 1. The van der Waals surface area contributed by atoms with Crippen molar-refractivity contribution in [1.29, 1.82) is 0 Å². The lowest BCUT2D eigenvalue weighted by Gasteiger charge is -2.38. The van der Waals surface area contributed by atoms with Gasteiger partial charge in [0.25, 0.3) is 0 Å². The first kappa shape index (κ1) is 19.3. The van der Waals surface area contributed by atoms with Gasteiger partial charge in [0.2, 0.25) is 11.8 Å². The number of nitrogens with zero attached hydrogens (tertiary/aromatic N) is 2. The van der Waals surface area contributed by atoms with Crippen LogP contribution in [0.1, 0.15) is 25.7 Å². The number of hydrogen-bond donors (Lipinski definition) is 1. The minimum atomic E-state index is -0.0967. The van der Waals surface area contributed by atoms with Crippen molar-refractivity contribution in [3.8, 4) is 0 Å². The smallest absolute Gasteiger partial charge is 0.240 e. The average Bonchev–Trinajstić information content (AvgIpc) is 2.67. The van der Waals surface area contributed by atoms with Crippen molar-refractivity contribution in [3.63, 3.8) is 0 Å². The molecule has 1 aromatic rings. The third kappa shape index (κ3) is 5.28. The molecule has 2 heterocycles. The molecule has 1 unspecified atom stereocenters.